The average molecular weight is 879 g/mol. The van der Waals surface area contributed by atoms with Gasteiger partial charge in [0, 0.05) is 19.1 Å². The highest BCUT2D eigenvalue weighted by molar-refractivity contribution is 6.74. The number of aliphatic hydroxyl groups is 1. The van der Waals surface area contributed by atoms with Gasteiger partial charge in [-0.15, -0.1) is 0 Å². The molecule has 342 valence electrons. The second-order valence-electron chi connectivity index (χ2n) is 21.3. The lowest BCUT2D eigenvalue weighted by molar-refractivity contribution is -0.277. The molecule has 6 nitrogen and oxygen atoms in total. The predicted octanol–water partition coefficient (Wildman–Crippen LogP) is 14.1. The van der Waals surface area contributed by atoms with Crippen molar-refractivity contribution >= 4 is 22.6 Å². The Morgan fingerprint density at radius 3 is 1.92 bits per heavy atom. The number of hydrogen-bond acceptors (Lipinski definition) is 6. The monoisotopic (exact) mass is 879 g/mol. The summed E-state index contributed by atoms with van der Waals surface area (Å²) >= 11 is 0. The number of carbonyl (C=O) groups excluding carboxylic acids is 1. The Morgan fingerprint density at radius 1 is 0.883 bits per heavy atom. The van der Waals surface area contributed by atoms with Gasteiger partial charge in [0.05, 0.1) is 18.8 Å². The summed E-state index contributed by atoms with van der Waals surface area (Å²) < 4.78 is 70.1. The van der Waals surface area contributed by atoms with E-state index in [0.717, 1.165) is 31.9 Å². The molecular weight excluding hydrogens is 798 g/mol. The van der Waals surface area contributed by atoms with Crippen molar-refractivity contribution < 1.29 is 41.4 Å². The van der Waals surface area contributed by atoms with Gasteiger partial charge in [0.25, 0.3) is 5.60 Å². The highest BCUT2D eigenvalue weighted by Gasteiger charge is 2.64. The van der Waals surface area contributed by atoms with Crippen molar-refractivity contribution in [3.63, 3.8) is 0 Å². The topological polar surface area (TPSA) is 74.2 Å². The fourth-order valence-corrected chi connectivity index (χ4v) is 9.13. The summed E-state index contributed by atoms with van der Waals surface area (Å²) in [6.45, 7) is 34.0. The average Bonchev–Trinajstić information content (AvgIpc) is 3.08. The molecule has 1 aromatic rings. The molecule has 0 unspecified atom stereocenters. The van der Waals surface area contributed by atoms with E-state index in [4.69, 9.17) is 18.3 Å². The molecular formula is C49H81F3O6Si2. The third-order valence-electron chi connectivity index (χ3n) is 13.2. The summed E-state index contributed by atoms with van der Waals surface area (Å²) in [4.78, 5) is 14.2. The number of benzene rings is 1. The van der Waals surface area contributed by atoms with Crippen molar-refractivity contribution in [3.05, 3.63) is 82.0 Å². The van der Waals surface area contributed by atoms with Crippen LogP contribution in [0.4, 0.5) is 13.2 Å². The highest BCUT2D eigenvalue weighted by atomic mass is 28.4. The molecule has 60 heavy (non-hydrogen) atoms. The zero-order chi connectivity index (χ0) is 46.2. The number of ether oxygens (including phenoxy) is 2. The smallest absolute Gasteiger partial charge is 0.432 e. The lowest BCUT2D eigenvalue weighted by Gasteiger charge is -2.38. The first-order chi connectivity index (χ1) is 27.2. The number of alkyl halides is 3. The normalized spacial score (nSPS) is 18.4. The number of halogens is 3. The van der Waals surface area contributed by atoms with Crippen LogP contribution in [0.25, 0.3) is 0 Å². The summed E-state index contributed by atoms with van der Waals surface area (Å²) in [5.74, 6) is -1.60. The van der Waals surface area contributed by atoms with E-state index in [1.54, 1.807) is 31.6 Å². The maximum absolute atomic E-state index is 15.2. The minimum absolute atomic E-state index is 0.0301. The molecule has 0 radical (unpaired) electrons. The Morgan fingerprint density at radius 2 is 1.43 bits per heavy atom. The van der Waals surface area contributed by atoms with Crippen molar-refractivity contribution in [1.29, 1.82) is 0 Å². The van der Waals surface area contributed by atoms with Crippen LogP contribution in [0, 0.1) is 5.41 Å². The molecule has 2 rings (SSSR count). The summed E-state index contributed by atoms with van der Waals surface area (Å²) in [6, 6.07) is 6.84. The molecule has 11 heteroatoms. The number of rotatable bonds is 20. The van der Waals surface area contributed by atoms with E-state index < -0.39 is 51.6 Å². The van der Waals surface area contributed by atoms with E-state index in [9.17, 15) is 9.90 Å². The number of esters is 1. The first kappa shape index (κ1) is 53.8. The Bertz CT molecular complexity index is 1690. The molecule has 0 aliphatic heterocycles. The first-order valence-corrected chi connectivity index (χ1v) is 27.7. The molecule has 1 aliphatic rings. The van der Waals surface area contributed by atoms with Crippen molar-refractivity contribution in [3.8, 4) is 0 Å². The Labute approximate surface area is 364 Å². The third kappa shape index (κ3) is 14.9. The van der Waals surface area contributed by atoms with Crippen molar-refractivity contribution in [2.24, 2.45) is 5.41 Å². The van der Waals surface area contributed by atoms with Gasteiger partial charge in [-0.1, -0.05) is 115 Å². The van der Waals surface area contributed by atoms with Gasteiger partial charge in [-0.25, -0.2) is 4.79 Å². The largest absolute Gasteiger partial charge is 0.455 e. The molecule has 0 amide bonds. The number of methoxy groups -OCH3 is 1. The molecule has 0 fully saturated rings. The maximum atomic E-state index is 15.2. The summed E-state index contributed by atoms with van der Waals surface area (Å²) in [5.41, 5.74) is 0.774. The van der Waals surface area contributed by atoms with Gasteiger partial charge in [0.15, 0.2) is 16.6 Å². The Kier molecular flexibility index (Phi) is 18.8. The fourth-order valence-electron chi connectivity index (χ4n) is 7.19. The number of allylic oxidation sites excluding steroid dienone is 4. The fraction of sp³-hybridized carbons (Fsp3) is 0.694. The van der Waals surface area contributed by atoms with E-state index in [1.165, 1.54) is 54.7 Å². The molecule has 0 aromatic heterocycles. The van der Waals surface area contributed by atoms with Crippen molar-refractivity contribution in [2.75, 3.05) is 20.3 Å². The SMILES string of the molecule is CO[C@](C(=O)O[C@H](C/C=C(\CC/C=C(\C)CCC1=C(C)CCCC1(C)C)CO[Si](C)(C)C(C)(C)C)/C(=C\C(C)(C)O)CO[Si](C)(C)C(C)(C)C)(c1ccccc1)C(F)(F)F. The van der Waals surface area contributed by atoms with Gasteiger partial charge in [-0.2, -0.15) is 13.2 Å². The minimum atomic E-state index is -5.16. The predicted molar refractivity (Wildman–Crippen MR) is 247 cm³/mol. The Balaban J connectivity index is 2.68. The minimum Gasteiger partial charge on any atom is -0.455 e. The van der Waals surface area contributed by atoms with Crippen molar-refractivity contribution in [2.45, 2.75) is 194 Å². The molecule has 1 aromatic carbocycles. The quantitative estimate of drug-likeness (QED) is 0.0799. The highest BCUT2D eigenvalue weighted by Crippen LogP contribution is 2.45. The Hall–Kier alpha value is -2.29. The van der Waals surface area contributed by atoms with Crippen LogP contribution in [0.1, 0.15) is 140 Å². The van der Waals surface area contributed by atoms with Crippen LogP contribution in [0.5, 0.6) is 0 Å². The molecule has 0 spiro atoms. The van der Waals surface area contributed by atoms with E-state index in [0.29, 0.717) is 18.6 Å². The second-order valence-corrected chi connectivity index (χ2v) is 30.9. The summed E-state index contributed by atoms with van der Waals surface area (Å²) in [6.07, 6.45) is 6.46. The van der Waals surface area contributed by atoms with Crippen LogP contribution >= 0.6 is 0 Å². The molecule has 1 aliphatic carbocycles. The summed E-state index contributed by atoms with van der Waals surface area (Å²) in [7, 11) is -3.76. The number of hydrogen-bond donors (Lipinski definition) is 1. The lowest BCUT2D eigenvalue weighted by Crippen LogP contribution is -2.52. The van der Waals surface area contributed by atoms with Gasteiger partial charge in [0.2, 0.25) is 0 Å². The number of carbonyl (C=O) groups is 1. The third-order valence-corrected chi connectivity index (χ3v) is 22.2. The first-order valence-electron chi connectivity index (χ1n) is 21.8. The standard InChI is InChI=1S/C49H81F3O6Si2/c1-36(28-30-41-37(2)24-22-32-46(41,9)10)23-21-25-38(34-56-59(14,15)44(3,4)5)29-31-42(39(33-47(11,12)54)35-57-60(16,17)45(6,7)8)58-43(53)48(55-13,49(50,51)52)40-26-19-18-20-27-40/h18-20,23,26-27,29,33,42,54H,21-22,24-25,28,30-32,34-35H2,1-17H3/b36-23+,38-29+,39-33-/t42-,48+/m1/s1. The molecule has 0 heterocycles. The van der Waals surface area contributed by atoms with Crippen molar-refractivity contribution in [1.82, 2.24) is 0 Å². The van der Waals surface area contributed by atoms with Gasteiger partial charge in [0.1, 0.15) is 6.10 Å². The van der Waals surface area contributed by atoms with E-state index >= 15 is 13.2 Å². The molecule has 0 saturated heterocycles. The van der Waals surface area contributed by atoms with E-state index in [1.807, 2.05) is 6.08 Å². The molecule has 1 N–H and O–H groups in total. The van der Waals surface area contributed by atoms with Gasteiger partial charge in [-0.05, 0) is 132 Å². The lowest BCUT2D eigenvalue weighted by atomic mass is 9.71. The van der Waals surface area contributed by atoms with E-state index in [2.05, 4.69) is 102 Å². The zero-order valence-electron chi connectivity index (χ0n) is 40.4. The van der Waals surface area contributed by atoms with Crippen LogP contribution < -0.4 is 0 Å². The molecule has 0 saturated carbocycles. The zero-order valence-corrected chi connectivity index (χ0v) is 42.4. The second kappa shape index (κ2) is 20.9. The molecule has 0 bridgehead atoms. The van der Waals surface area contributed by atoms with Gasteiger partial charge >= 0.3 is 12.1 Å². The maximum Gasteiger partial charge on any atom is 0.432 e. The van der Waals surface area contributed by atoms with E-state index in [-0.39, 0.29) is 28.5 Å². The van der Waals surface area contributed by atoms with Crippen LogP contribution in [0.15, 0.2) is 76.4 Å². The summed E-state index contributed by atoms with van der Waals surface area (Å²) in [5, 5.41) is 10.9. The van der Waals surface area contributed by atoms with Gasteiger partial charge < -0.3 is 23.4 Å². The van der Waals surface area contributed by atoms with Crippen LogP contribution in [-0.4, -0.2) is 65.9 Å². The molecule has 2 atom stereocenters. The van der Waals surface area contributed by atoms with Crippen LogP contribution in [0.2, 0.25) is 36.3 Å². The van der Waals surface area contributed by atoms with Gasteiger partial charge in [-0.3, -0.25) is 0 Å². The van der Waals surface area contributed by atoms with Crippen LogP contribution in [-0.2, 0) is 28.7 Å². The van der Waals surface area contributed by atoms with Crippen LogP contribution in [0.3, 0.4) is 0 Å².